The minimum atomic E-state index is -0.148. The second kappa shape index (κ2) is 7.28. The molecule has 29 heavy (non-hydrogen) atoms. The Kier molecular flexibility index (Phi) is 4.79. The summed E-state index contributed by atoms with van der Waals surface area (Å²) in [6, 6.07) is 16.2. The van der Waals surface area contributed by atoms with Gasteiger partial charge in [-0.1, -0.05) is 45.0 Å². The normalized spacial score (nSPS) is 13.3. The number of fused-ring (bicyclic) bond motifs is 1. The van der Waals surface area contributed by atoms with Crippen LogP contribution in [0.2, 0.25) is 0 Å². The summed E-state index contributed by atoms with van der Waals surface area (Å²) in [5.41, 5.74) is 6.79. The number of benzene rings is 2. The van der Waals surface area contributed by atoms with Crippen molar-refractivity contribution < 1.29 is 4.74 Å². The number of aromatic nitrogens is 1. The Morgan fingerprint density at radius 1 is 1.00 bits per heavy atom. The predicted molar refractivity (Wildman–Crippen MR) is 119 cm³/mol. The summed E-state index contributed by atoms with van der Waals surface area (Å²) in [4.78, 5) is 15.2. The van der Waals surface area contributed by atoms with Crippen molar-refractivity contribution in [3.8, 4) is 16.9 Å². The topological polar surface area (TPSA) is 54.1 Å². The molecule has 0 spiro atoms. The molecule has 0 radical (unpaired) electrons. The van der Waals surface area contributed by atoms with E-state index in [9.17, 15) is 4.79 Å². The summed E-state index contributed by atoms with van der Waals surface area (Å²) >= 11 is 0. The fourth-order valence-corrected chi connectivity index (χ4v) is 3.82. The van der Waals surface area contributed by atoms with Crippen molar-refractivity contribution in [2.24, 2.45) is 0 Å². The molecule has 1 aliphatic rings. The van der Waals surface area contributed by atoms with Gasteiger partial charge >= 0.3 is 0 Å². The number of rotatable bonds is 3. The number of aromatic amines is 1. The highest BCUT2D eigenvalue weighted by atomic mass is 16.5. The van der Waals surface area contributed by atoms with Gasteiger partial charge in [-0.2, -0.15) is 0 Å². The van der Waals surface area contributed by atoms with E-state index in [2.05, 4.69) is 67.5 Å². The van der Waals surface area contributed by atoms with Crippen LogP contribution >= 0.6 is 0 Å². The lowest BCUT2D eigenvalue weighted by molar-refractivity contribution is 0.396. The molecule has 0 aliphatic carbocycles. The number of methoxy groups -OCH3 is 1. The Morgan fingerprint density at radius 3 is 2.52 bits per heavy atom. The molecule has 0 saturated heterocycles. The van der Waals surface area contributed by atoms with Crippen molar-refractivity contribution >= 4 is 11.8 Å². The maximum atomic E-state index is 12.5. The molecular weight excluding hydrogens is 360 g/mol. The second-order valence-electron chi connectivity index (χ2n) is 8.38. The molecule has 0 fully saturated rings. The highest BCUT2D eigenvalue weighted by Gasteiger charge is 2.25. The predicted octanol–water partition coefficient (Wildman–Crippen LogP) is 4.95. The van der Waals surface area contributed by atoms with Crippen LogP contribution in [-0.2, 0) is 12.0 Å². The number of nitrogens with one attached hydrogen (secondary N) is 2. The molecule has 3 aromatic rings. The molecule has 2 aromatic carbocycles. The zero-order valence-corrected chi connectivity index (χ0v) is 17.3. The summed E-state index contributed by atoms with van der Waals surface area (Å²) in [6.07, 6.45) is 3.81. The monoisotopic (exact) mass is 386 g/mol. The van der Waals surface area contributed by atoms with Gasteiger partial charge in [0, 0.05) is 35.1 Å². The van der Waals surface area contributed by atoms with Gasteiger partial charge < -0.3 is 15.0 Å². The van der Waals surface area contributed by atoms with Crippen molar-refractivity contribution in [2.45, 2.75) is 32.7 Å². The van der Waals surface area contributed by atoms with Gasteiger partial charge in [-0.25, -0.2) is 0 Å². The number of ether oxygens (including phenoxy) is 1. The smallest absolute Gasteiger partial charge is 0.255 e. The number of hydrogen-bond donors (Lipinski definition) is 2. The molecule has 0 amide bonds. The Morgan fingerprint density at radius 2 is 1.79 bits per heavy atom. The van der Waals surface area contributed by atoms with E-state index in [1.807, 2.05) is 18.2 Å². The largest absolute Gasteiger partial charge is 0.496 e. The van der Waals surface area contributed by atoms with Crippen molar-refractivity contribution in [3.05, 3.63) is 87.3 Å². The average Bonchev–Trinajstić information content (AvgIpc) is 2.72. The molecule has 0 unspecified atom stereocenters. The third-order valence-corrected chi connectivity index (χ3v) is 5.34. The minimum absolute atomic E-state index is 0.0978. The molecule has 0 saturated carbocycles. The minimum Gasteiger partial charge on any atom is -0.496 e. The molecule has 1 aliphatic heterocycles. The van der Waals surface area contributed by atoms with E-state index in [1.54, 1.807) is 13.3 Å². The van der Waals surface area contributed by atoms with E-state index < -0.39 is 0 Å². The first-order valence-electron chi connectivity index (χ1n) is 9.83. The summed E-state index contributed by atoms with van der Waals surface area (Å²) in [7, 11) is 1.71. The Hall–Kier alpha value is -3.27. The molecule has 148 valence electrons. The van der Waals surface area contributed by atoms with Crippen molar-refractivity contribution in [1.82, 2.24) is 10.3 Å². The highest BCUT2D eigenvalue weighted by molar-refractivity contribution is 5.88. The van der Waals surface area contributed by atoms with E-state index in [0.717, 1.165) is 34.7 Å². The van der Waals surface area contributed by atoms with Crippen molar-refractivity contribution in [1.29, 1.82) is 0 Å². The van der Waals surface area contributed by atoms with E-state index in [-0.39, 0.29) is 11.0 Å². The molecule has 4 nitrogen and oxygen atoms in total. The summed E-state index contributed by atoms with van der Waals surface area (Å²) in [5.74, 6) is 0.840. The Balaban J connectivity index is 1.98. The molecule has 4 heteroatoms. The zero-order valence-electron chi connectivity index (χ0n) is 17.3. The lowest BCUT2D eigenvalue weighted by atomic mass is 9.82. The third-order valence-electron chi connectivity index (χ3n) is 5.34. The van der Waals surface area contributed by atoms with Gasteiger partial charge in [0.2, 0.25) is 0 Å². The maximum Gasteiger partial charge on any atom is 0.255 e. The highest BCUT2D eigenvalue weighted by Crippen LogP contribution is 2.41. The summed E-state index contributed by atoms with van der Waals surface area (Å²) < 4.78 is 5.90. The summed E-state index contributed by atoms with van der Waals surface area (Å²) in [5, 5.41) is 3.53. The van der Waals surface area contributed by atoms with Crippen LogP contribution in [0.25, 0.3) is 22.9 Å². The molecule has 2 N–H and O–H groups in total. The number of pyridine rings is 1. The lowest BCUT2D eigenvalue weighted by Crippen LogP contribution is -2.20. The van der Waals surface area contributed by atoms with E-state index in [4.69, 9.17) is 4.74 Å². The van der Waals surface area contributed by atoms with Gasteiger partial charge in [0.15, 0.2) is 0 Å². The SMILES string of the molecule is COc1c(C2=Cc3ccccc3CN2)cc(-c2ccc[nH]c2=O)cc1C(C)(C)C. The fourth-order valence-electron chi connectivity index (χ4n) is 3.82. The first kappa shape index (κ1) is 19.1. The van der Waals surface area contributed by atoms with Gasteiger partial charge in [0.25, 0.3) is 5.56 Å². The molecule has 0 bridgehead atoms. The lowest BCUT2D eigenvalue weighted by Gasteiger charge is -2.27. The van der Waals surface area contributed by atoms with Gasteiger partial charge in [-0.05, 0) is 52.4 Å². The van der Waals surface area contributed by atoms with Gasteiger partial charge in [0.1, 0.15) is 5.75 Å². The van der Waals surface area contributed by atoms with Crippen LogP contribution in [0.1, 0.15) is 43.0 Å². The number of hydrogen-bond acceptors (Lipinski definition) is 3. The van der Waals surface area contributed by atoms with Crippen LogP contribution in [0.3, 0.4) is 0 Å². The average molecular weight is 386 g/mol. The first-order chi connectivity index (χ1) is 13.9. The van der Waals surface area contributed by atoms with Crippen LogP contribution in [0, 0.1) is 0 Å². The zero-order chi connectivity index (χ0) is 20.6. The van der Waals surface area contributed by atoms with E-state index in [0.29, 0.717) is 5.56 Å². The second-order valence-corrected chi connectivity index (χ2v) is 8.38. The van der Waals surface area contributed by atoms with Gasteiger partial charge in [0.05, 0.1) is 7.11 Å². The quantitative estimate of drug-likeness (QED) is 0.670. The fraction of sp³-hybridized carbons (Fsp3) is 0.240. The molecule has 4 rings (SSSR count). The summed E-state index contributed by atoms with van der Waals surface area (Å²) in [6.45, 7) is 7.23. The van der Waals surface area contributed by atoms with Crippen LogP contribution in [0.4, 0.5) is 0 Å². The van der Waals surface area contributed by atoms with Crippen LogP contribution in [0.15, 0.2) is 59.5 Å². The van der Waals surface area contributed by atoms with Gasteiger partial charge in [-0.3, -0.25) is 4.79 Å². The van der Waals surface area contributed by atoms with E-state index >= 15 is 0 Å². The first-order valence-corrected chi connectivity index (χ1v) is 9.83. The molecule has 2 heterocycles. The molecule has 1 aromatic heterocycles. The third kappa shape index (κ3) is 3.58. The van der Waals surface area contributed by atoms with Crippen LogP contribution in [-0.4, -0.2) is 12.1 Å². The maximum absolute atomic E-state index is 12.5. The molecular formula is C25H26N2O2. The number of H-pyrrole nitrogens is 1. The van der Waals surface area contributed by atoms with Crippen molar-refractivity contribution in [2.75, 3.05) is 7.11 Å². The van der Waals surface area contributed by atoms with Crippen LogP contribution < -0.4 is 15.6 Å². The van der Waals surface area contributed by atoms with Gasteiger partial charge in [-0.15, -0.1) is 0 Å². The standard InChI is InChI=1S/C25H26N2O2/c1-25(2,3)21-13-18(19-10-7-11-26-24(19)28)12-20(23(21)29-4)22-14-16-8-5-6-9-17(16)15-27-22/h5-14,27H,15H2,1-4H3,(H,26,28). The van der Waals surface area contributed by atoms with Crippen molar-refractivity contribution in [3.63, 3.8) is 0 Å². The molecule has 0 atom stereocenters. The van der Waals surface area contributed by atoms with E-state index in [1.165, 1.54) is 11.1 Å². The van der Waals surface area contributed by atoms with Crippen LogP contribution in [0.5, 0.6) is 5.75 Å². The Labute approximate surface area is 171 Å². The Bertz CT molecular complexity index is 1150.